The quantitative estimate of drug-likeness (QED) is 0.525. The van der Waals surface area contributed by atoms with Crippen molar-refractivity contribution in [3.63, 3.8) is 0 Å². The van der Waals surface area contributed by atoms with E-state index in [2.05, 4.69) is 16.7 Å². The Kier molecular flexibility index (Phi) is 6.53. The molecule has 0 saturated heterocycles. The maximum absolute atomic E-state index is 13.3. The van der Waals surface area contributed by atoms with Gasteiger partial charge in [-0.25, -0.2) is 14.6 Å². The van der Waals surface area contributed by atoms with Gasteiger partial charge in [0.2, 0.25) is 6.79 Å². The summed E-state index contributed by atoms with van der Waals surface area (Å²) in [6.07, 6.45) is 4.34. The van der Waals surface area contributed by atoms with E-state index in [1.807, 2.05) is 42.5 Å². The second kappa shape index (κ2) is 10.1. The van der Waals surface area contributed by atoms with Gasteiger partial charge in [0.15, 0.2) is 18.1 Å². The highest BCUT2D eigenvalue weighted by Crippen LogP contribution is 2.38. The van der Waals surface area contributed by atoms with E-state index in [-0.39, 0.29) is 6.79 Å². The molecule has 9 nitrogen and oxygen atoms in total. The van der Waals surface area contributed by atoms with Crippen LogP contribution in [0.5, 0.6) is 11.5 Å². The third-order valence-electron chi connectivity index (χ3n) is 6.04. The van der Waals surface area contributed by atoms with Gasteiger partial charge in [-0.3, -0.25) is 10.1 Å². The van der Waals surface area contributed by atoms with Crippen molar-refractivity contribution in [1.29, 1.82) is 0 Å². The van der Waals surface area contributed by atoms with E-state index in [0.29, 0.717) is 40.9 Å². The van der Waals surface area contributed by atoms with Crippen LogP contribution < -0.4 is 20.1 Å². The molecule has 2 aromatic carbocycles. The Hall–Kier alpha value is -4.40. The third kappa shape index (κ3) is 4.72. The molecule has 1 aliphatic carbocycles. The number of amides is 3. The van der Waals surface area contributed by atoms with Crippen molar-refractivity contribution in [2.24, 2.45) is 0 Å². The summed E-state index contributed by atoms with van der Waals surface area (Å²) in [7, 11) is 0. The van der Waals surface area contributed by atoms with Gasteiger partial charge in [-0.15, -0.1) is 0 Å². The summed E-state index contributed by atoms with van der Waals surface area (Å²) in [5.41, 5.74) is 4.55. The number of nitrogens with one attached hydrogen (secondary N) is 2. The van der Waals surface area contributed by atoms with E-state index in [1.165, 1.54) is 0 Å². The second-order valence-corrected chi connectivity index (χ2v) is 8.45. The number of imide groups is 1. The first kappa shape index (κ1) is 23.3. The lowest BCUT2D eigenvalue weighted by Gasteiger charge is -2.22. The SMILES string of the molecule is CCNC(=O)NC(=O)COC(=O)c1c2c(nc3ccccc13)C(=Cc1ccc3c(c1)OCO3)CCC2. The van der Waals surface area contributed by atoms with Gasteiger partial charge in [0.1, 0.15) is 0 Å². The number of ether oxygens (including phenoxy) is 3. The van der Waals surface area contributed by atoms with Gasteiger partial charge in [-0.2, -0.15) is 0 Å². The zero-order valence-corrected chi connectivity index (χ0v) is 19.8. The molecule has 2 aliphatic rings. The van der Waals surface area contributed by atoms with Crippen LogP contribution in [-0.2, 0) is 16.0 Å². The van der Waals surface area contributed by atoms with Crippen LogP contribution in [0.1, 0.15) is 46.9 Å². The van der Waals surface area contributed by atoms with Crippen molar-refractivity contribution in [1.82, 2.24) is 15.6 Å². The number of carbonyl (C=O) groups is 3. The van der Waals surface area contributed by atoms with E-state index >= 15 is 0 Å². The molecule has 3 aromatic rings. The highest BCUT2D eigenvalue weighted by molar-refractivity contribution is 6.07. The number of carbonyl (C=O) groups excluding carboxylic acids is 3. The lowest BCUT2D eigenvalue weighted by molar-refractivity contribution is -0.123. The third-order valence-corrected chi connectivity index (χ3v) is 6.04. The fourth-order valence-electron chi connectivity index (χ4n) is 4.48. The Morgan fingerprint density at radius 3 is 2.78 bits per heavy atom. The van der Waals surface area contributed by atoms with Crippen LogP contribution in [0.25, 0.3) is 22.6 Å². The minimum absolute atomic E-state index is 0.207. The number of para-hydroxylation sites is 1. The van der Waals surface area contributed by atoms with E-state index in [1.54, 1.807) is 6.92 Å². The Morgan fingerprint density at radius 1 is 1.08 bits per heavy atom. The van der Waals surface area contributed by atoms with Crippen molar-refractivity contribution in [3.05, 3.63) is 64.8 Å². The number of allylic oxidation sites excluding steroid dienone is 1. The zero-order valence-electron chi connectivity index (χ0n) is 19.8. The Bertz CT molecular complexity index is 1400. The summed E-state index contributed by atoms with van der Waals surface area (Å²) >= 11 is 0. The molecule has 0 radical (unpaired) electrons. The van der Waals surface area contributed by atoms with Gasteiger partial charge in [0.25, 0.3) is 5.91 Å². The van der Waals surface area contributed by atoms with Gasteiger partial charge in [0.05, 0.1) is 16.8 Å². The first-order chi connectivity index (χ1) is 17.5. The molecule has 3 amide bonds. The minimum atomic E-state index is -0.704. The molecule has 1 aliphatic heterocycles. The van der Waals surface area contributed by atoms with E-state index < -0.39 is 24.5 Å². The molecule has 0 unspecified atom stereocenters. The standard InChI is InChI=1S/C27H25N3O6/c1-2-28-27(33)30-23(31)14-34-26(32)24-18-7-3-4-9-20(18)29-25-17(6-5-8-19(24)25)12-16-10-11-21-22(13-16)36-15-35-21/h3-4,7,9-13H,2,5-6,8,14-15H2,1H3,(H2,28,30,31,33). The molecule has 184 valence electrons. The summed E-state index contributed by atoms with van der Waals surface area (Å²) in [6, 6.07) is 12.5. The fraction of sp³-hybridized carbons (Fsp3) is 0.259. The van der Waals surface area contributed by atoms with Gasteiger partial charge in [-0.1, -0.05) is 24.3 Å². The van der Waals surface area contributed by atoms with E-state index in [4.69, 9.17) is 19.2 Å². The largest absolute Gasteiger partial charge is 0.454 e. The normalized spacial score (nSPS) is 14.9. The number of hydrogen-bond acceptors (Lipinski definition) is 7. The molecule has 0 atom stereocenters. The first-order valence-corrected chi connectivity index (χ1v) is 11.8. The van der Waals surface area contributed by atoms with Gasteiger partial charge < -0.3 is 19.5 Å². The smallest absolute Gasteiger partial charge is 0.339 e. The number of benzene rings is 2. The lowest BCUT2D eigenvalue weighted by atomic mass is 9.86. The number of rotatable bonds is 5. The monoisotopic (exact) mass is 487 g/mol. The molecular weight excluding hydrogens is 462 g/mol. The van der Waals surface area contributed by atoms with Crippen LogP contribution in [-0.4, -0.2) is 42.8 Å². The molecule has 2 heterocycles. The number of urea groups is 1. The molecule has 2 N–H and O–H groups in total. The number of aromatic nitrogens is 1. The van der Waals surface area contributed by atoms with E-state index in [9.17, 15) is 14.4 Å². The lowest BCUT2D eigenvalue weighted by Crippen LogP contribution is -2.41. The molecule has 1 aromatic heterocycles. The molecule has 9 heteroatoms. The molecule has 0 bridgehead atoms. The number of pyridine rings is 1. The van der Waals surface area contributed by atoms with Gasteiger partial charge in [-0.05, 0) is 67.2 Å². The minimum Gasteiger partial charge on any atom is -0.454 e. The number of fused-ring (bicyclic) bond motifs is 3. The molecule has 0 spiro atoms. The fourth-order valence-corrected chi connectivity index (χ4v) is 4.48. The van der Waals surface area contributed by atoms with Crippen LogP contribution in [0.3, 0.4) is 0 Å². The van der Waals surface area contributed by atoms with Crippen LogP contribution in [0.15, 0.2) is 42.5 Å². The Morgan fingerprint density at radius 2 is 1.92 bits per heavy atom. The summed E-state index contributed by atoms with van der Waals surface area (Å²) in [5, 5.41) is 5.25. The van der Waals surface area contributed by atoms with Gasteiger partial charge in [0, 0.05) is 11.9 Å². The highest BCUT2D eigenvalue weighted by Gasteiger charge is 2.26. The van der Waals surface area contributed by atoms with Crippen molar-refractivity contribution in [2.45, 2.75) is 26.2 Å². The molecule has 0 saturated carbocycles. The summed E-state index contributed by atoms with van der Waals surface area (Å²) in [5.74, 6) is 0.0822. The van der Waals surface area contributed by atoms with Crippen LogP contribution in [0.2, 0.25) is 0 Å². The maximum atomic E-state index is 13.3. The number of esters is 1. The zero-order chi connectivity index (χ0) is 25.1. The molecule has 5 rings (SSSR count). The van der Waals surface area contributed by atoms with Gasteiger partial charge >= 0.3 is 12.0 Å². The summed E-state index contributed by atoms with van der Waals surface area (Å²) in [4.78, 5) is 41.8. The number of nitrogens with zero attached hydrogens (tertiary/aromatic N) is 1. The van der Waals surface area contributed by atoms with Crippen LogP contribution in [0, 0.1) is 0 Å². The first-order valence-electron chi connectivity index (χ1n) is 11.8. The van der Waals surface area contributed by atoms with Crippen LogP contribution >= 0.6 is 0 Å². The van der Waals surface area contributed by atoms with Crippen molar-refractivity contribution >= 4 is 40.5 Å². The number of hydrogen-bond donors (Lipinski definition) is 2. The average molecular weight is 488 g/mol. The second-order valence-electron chi connectivity index (χ2n) is 8.45. The molecular formula is C27H25N3O6. The maximum Gasteiger partial charge on any atom is 0.339 e. The topological polar surface area (TPSA) is 116 Å². The predicted octanol–water partition coefficient (Wildman–Crippen LogP) is 3.84. The Balaban J connectivity index is 1.48. The summed E-state index contributed by atoms with van der Waals surface area (Å²) < 4.78 is 16.2. The van der Waals surface area contributed by atoms with Crippen molar-refractivity contribution in [3.8, 4) is 11.5 Å². The molecule has 36 heavy (non-hydrogen) atoms. The average Bonchev–Trinajstić information content (AvgIpc) is 3.34. The highest BCUT2D eigenvalue weighted by atomic mass is 16.7. The Labute approximate surface area is 207 Å². The van der Waals surface area contributed by atoms with E-state index in [0.717, 1.165) is 35.2 Å². The molecule has 0 fully saturated rings. The van der Waals surface area contributed by atoms with Crippen molar-refractivity contribution in [2.75, 3.05) is 19.9 Å². The summed E-state index contributed by atoms with van der Waals surface area (Å²) in [6.45, 7) is 1.74. The van der Waals surface area contributed by atoms with Crippen molar-refractivity contribution < 1.29 is 28.6 Å². The predicted molar refractivity (Wildman–Crippen MR) is 133 cm³/mol. The van der Waals surface area contributed by atoms with Crippen LogP contribution in [0.4, 0.5) is 4.79 Å².